The molecule has 1 aromatic heterocycles. The maximum absolute atomic E-state index is 5.93. The third kappa shape index (κ3) is 2.35. The molecule has 1 saturated heterocycles. The van der Waals surface area contributed by atoms with Crippen molar-refractivity contribution < 1.29 is 4.74 Å². The lowest BCUT2D eigenvalue weighted by Crippen LogP contribution is -2.33. The molecule has 17 heavy (non-hydrogen) atoms. The zero-order chi connectivity index (χ0) is 12.4. The second kappa shape index (κ2) is 5.15. The quantitative estimate of drug-likeness (QED) is 0.872. The second-order valence-corrected chi connectivity index (χ2v) is 5.04. The fourth-order valence-corrected chi connectivity index (χ4v) is 3.01. The van der Waals surface area contributed by atoms with E-state index < -0.39 is 0 Å². The van der Waals surface area contributed by atoms with Crippen molar-refractivity contribution in [3.8, 4) is 0 Å². The highest BCUT2D eigenvalue weighted by atomic mass is 16.5. The van der Waals surface area contributed by atoms with Crippen LogP contribution in [0.1, 0.15) is 32.4 Å². The summed E-state index contributed by atoms with van der Waals surface area (Å²) in [7, 11) is 2.01. The van der Waals surface area contributed by atoms with Crippen LogP contribution < -0.4 is 5.32 Å². The van der Waals surface area contributed by atoms with Crippen molar-refractivity contribution in [1.82, 2.24) is 10.3 Å². The predicted molar refractivity (Wildman–Crippen MR) is 68.7 cm³/mol. The van der Waals surface area contributed by atoms with Crippen molar-refractivity contribution in [2.75, 3.05) is 7.05 Å². The molecule has 0 aromatic carbocycles. The summed E-state index contributed by atoms with van der Waals surface area (Å²) < 4.78 is 5.93. The summed E-state index contributed by atoms with van der Waals surface area (Å²) >= 11 is 0. The Morgan fingerprint density at radius 2 is 2.06 bits per heavy atom. The van der Waals surface area contributed by atoms with E-state index in [1.54, 1.807) is 0 Å². The molecule has 3 heteroatoms. The standard InChI is InChI=1S/C14H22N2O/c1-9-10(2)17-11(3)13(9)14(15-4)12-6-5-7-16-8-12/h5-11,13-15H,1-4H3. The van der Waals surface area contributed by atoms with Gasteiger partial charge in [0.15, 0.2) is 0 Å². The summed E-state index contributed by atoms with van der Waals surface area (Å²) in [6.07, 6.45) is 4.39. The molecule has 0 saturated carbocycles. The van der Waals surface area contributed by atoms with Gasteiger partial charge in [-0.1, -0.05) is 13.0 Å². The lowest BCUT2D eigenvalue weighted by molar-refractivity contribution is 0.0478. The molecule has 1 fully saturated rings. The number of hydrogen-bond donors (Lipinski definition) is 1. The molecule has 1 aliphatic rings. The number of hydrogen-bond acceptors (Lipinski definition) is 3. The van der Waals surface area contributed by atoms with Gasteiger partial charge in [-0.25, -0.2) is 0 Å². The first kappa shape index (κ1) is 12.5. The Balaban J connectivity index is 2.24. The van der Waals surface area contributed by atoms with E-state index in [4.69, 9.17) is 4.74 Å². The van der Waals surface area contributed by atoms with E-state index in [1.807, 2.05) is 25.5 Å². The Bertz CT molecular complexity index is 354. The molecule has 5 atom stereocenters. The highest BCUT2D eigenvalue weighted by Crippen LogP contribution is 2.40. The topological polar surface area (TPSA) is 34.2 Å². The van der Waals surface area contributed by atoms with Crippen LogP contribution in [0.3, 0.4) is 0 Å². The van der Waals surface area contributed by atoms with E-state index in [1.165, 1.54) is 5.56 Å². The van der Waals surface area contributed by atoms with Gasteiger partial charge in [-0.05, 0) is 38.4 Å². The average molecular weight is 234 g/mol. The van der Waals surface area contributed by atoms with Crippen molar-refractivity contribution >= 4 is 0 Å². The van der Waals surface area contributed by atoms with Gasteiger partial charge in [0.25, 0.3) is 0 Å². The van der Waals surface area contributed by atoms with Gasteiger partial charge in [-0.3, -0.25) is 4.98 Å². The molecule has 0 amide bonds. The lowest BCUT2D eigenvalue weighted by Gasteiger charge is -2.28. The first-order valence-corrected chi connectivity index (χ1v) is 6.37. The van der Waals surface area contributed by atoms with Crippen LogP contribution >= 0.6 is 0 Å². The molecule has 2 heterocycles. The summed E-state index contributed by atoms with van der Waals surface area (Å²) in [4.78, 5) is 4.21. The molecule has 5 unspecified atom stereocenters. The molecule has 0 radical (unpaired) electrons. The highest BCUT2D eigenvalue weighted by molar-refractivity contribution is 5.16. The summed E-state index contributed by atoms with van der Waals surface area (Å²) in [6, 6.07) is 4.45. The van der Waals surface area contributed by atoms with Crippen LogP contribution in [0.4, 0.5) is 0 Å². The number of aromatic nitrogens is 1. The molecule has 0 aliphatic carbocycles. The van der Waals surface area contributed by atoms with Crippen LogP contribution in [0, 0.1) is 11.8 Å². The monoisotopic (exact) mass is 234 g/mol. The molecule has 94 valence electrons. The first-order valence-electron chi connectivity index (χ1n) is 6.37. The van der Waals surface area contributed by atoms with Gasteiger partial charge >= 0.3 is 0 Å². The largest absolute Gasteiger partial charge is 0.375 e. The lowest BCUT2D eigenvalue weighted by atomic mass is 9.81. The van der Waals surface area contributed by atoms with Gasteiger partial charge in [0, 0.05) is 24.4 Å². The van der Waals surface area contributed by atoms with Gasteiger partial charge in [-0.2, -0.15) is 0 Å². The van der Waals surface area contributed by atoms with E-state index in [0.29, 0.717) is 24.0 Å². The number of ether oxygens (including phenoxy) is 1. The Morgan fingerprint density at radius 1 is 1.29 bits per heavy atom. The van der Waals surface area contributed by atoms with Crippen molar-refractivity contribution in [1.29, 1.82) is 0 Å². The minimum Gasteiger partial charge on any atom is -0.375 e. The highest BCUT2D eigenvalue weighted by Gasteiger charge is 2.41. The molecule has 2 rings (SSSR count). The maximum atomic E-state index is 5.93. The third-order valence-electron chi connectivity index (χ3n) is 4.06. The van der Waals surface area contributed by atoms with Crippen LogP contribution in [-0.2, 0) is 4.74 Å². The van der Waals surface area contributed by atoms with Crippen molar-refractivity contribution in [2.24, 2.45) is 11.8 Å². The van der Waals surface area contributed by atoms with Crippen molar-refractivity contribution in [3.05, 3.63) is 30.1 Å². The average Bonchev–Trinajstić information content (AvgIpc) is 2.58. The van der Waals surface area contributed by atoms with E-state index in [2.05, 4.69) is 37.1 Å². The predicted octanol–water partition coefficient (Wildman–Crippen LogP) is 2.40. The van der Waals surface area contributed by atoms with Crippen LogP contribution in [-0.4, -0.2) is 24.2 Å². The number of nitrogens with one attached hydrogen (secondary N) is 1. The molecule has 0 bridgehead atoms. The summed E-state index contributed by atoms with van der Waals surface area (Å²) in [5.74, 6) is 1.06. The number of rotatable bonds is 3. The van der Waals surface area contributed by atoms with Gasteiger partial charge in [0.1, 0.15) is 0 Å². The van der Waals surface area contributed by atoms with Crippen molar-refractivity contribution in [2.45, 2.75) is 39.0 Å². The van der Waals surface area contributed by atoms with Gasteiger partial charge < -0.3 is 10.1 Å². The van der Waals surface area contributed by atoms with Crippen molar-refractivity contribution in [3.63, 3.8) is 0 Å². The van der Waals surface area contributed by atoms with E-state index in [9.17, 15) is 0 Å². The molecule has 1 aromatic rings. The molecule has 3 nitrogen and oxygen atoms in total. The van der Waals surface area contributed by atoms with E-state index in [0.717, 1.165) is 0 Å². The normalized spacial score (nSPS) is 34.8. The number of nitrogens with zero attached hydrogens (tertiary/aromatic N) is 1. The van der Waals surface area contributed by atoms with Gasteiger partial charge in [0.2, 0.25) is 0 Å². The first-order chi connectivity index (χ1) is 8.15. The zero-order valence-corrected chi connectivity index (χ0v) is 11.1. The minimum atomic E-state index is 0.289. The van der Waals surface area contributed by atoms with E-state index >= 15 is 0 Å². The van der Waals surface area contributed by atoms with E-state index in [-0.39, 0.29) is 6.10 Å². The zero-order valence-electron chi connectivity index (χ0n) is 11.1. The Kier molecular flexibility index (Phi) is 3.79. The third-order valence-corrected chi connectivity index (χ3v) is 4.06. The molecular formula is C14H22N2O. The van der Waals surface area contributed by atoms with Crippen LogP contribution in [0.25, 0.3) is 0 Å². The van der Waals surface area contributed by atoms with Gasteiger partial charge in [0.05, 0.1) is 12.2 Å². The fourth-order valence-electron chi connectivity index (χ4n) is 3.01. The van der Waals surface area contributed by atoms with Gasteiger partial charge in [-0.15, -0.1) is 0 Å². The van der Waals surface area contributed by atoms with Crippen LogP contribution in [0.5, 0.6) is 0 Å². The summed E-state index contributed by atoms with van der Waals surface area (Å²) in [5.41, 5.74) is 1.25. The smallest absolute Gasteiger partial charge is 0.0600 e. The molecule has 1 aliphatic heterocycles. The summed E-state index contributed by atoms with van der Waals surface area (Å²) in [5, 5.41) is 3.42. The SMILES string of the molecule is CNC(c1cccnc1)C1C(C)OC(C)C1C. The Hall–Kier alpha value is -0.930. The summed E-state index contributed by atoms with van der Waals surface area (Å²) in [6.45, 7) is 6.61. The van der Waals surface area contributed by atoms with Crippen LogP contribution in [0.15, 0.2) is 24.5 Å². The second-order valence-electron chi connectivity index (χ2n) is 5.04. The Morgan fingerprint density at radius 3 is 2.53 bits per heavy atom. The van der Waals surface area contributed by atoms with Crippen LogP contribution in [0.2, 0.25) is 0 Å². The number of pyridine rings is 1. The Labute approximate surface area is 104 Å². The maximum Gasteiger partial charge on any atom is 0.0600 e. The molecule has 0 spiro atoms. The molecular weight excluding hydrogens is 212 g/mol. The molecule has 1 N–H and O–H groups in total. The fraction of sp³-hybridized carbons (Fsp3) is 0.643. The minimum absolute atomic E-state index is 0.289.